The highest BCUT2D eigenvalue weighted by Crippen LogP contribution is 2.43. The summed E-state index contributed by atoms with van der Waals surface area (Å²) in [4.78, 5) is 14.9. The first-order chi connectivity index (χ1) is 27.7. The fourth-order valence-electron chi connectivity index (χ4n) is 8.07. The van der Waals surface area contributed by atoms with E-state index >= 15 is 0 Å². The highest BCUT2D eigenvalue weighted by Gasteiger charge is 2.18. The van der Waals surface area contributed by atoms with Crippen LogP contribution in [0, 0.1) is 0 Å². The number of aromatic nitrogens is 3. The number of nitrogens with zero attached hydrogens (tertiary/aromatic N) is 3. The summed E-state index contributed by atoms with van der Waals surface area (Å²) in [5, 5.41) is 4.84. The zero-order valence-corrected chi connectivity index (χ0v) is 31.1. The molecule has 0 amide bonds. The molecule has 0 unspecified atom stereocenters. The maximum absolute atomic E-state index is 6.60. The first-order valence-corrected chi connectivity index (χ1v) is 19.8. The zero-order chi connectivity index (χ0) is 37.0. The maximum atomic E-state index is 6.60. The number of thiophene rings is 1. The van der Waals surface area contributed by atoms with E-state index in [2.05, 4.69) is 115 Å². The van der Waals surface area contributed by atoms with Crippen LogP contribution in [0.3, 0.4) is 0 Å². The Bertz CT molecular complexity index is 3130. The van der Waals surface area contributed by atoms with Gasteiger partial charge in [-0.15, -0.1) is 11.3 Å². The summed E-state index contributed by atoms with van der Waals surface area (Å²) >= 11 is 1.87. The molecular weight excluding hydrogens is 703 g/mol. The van der Waals surface area contributed by atoms with Crippen LogP contribution in [0.15, 0.2) is 180 Å². The van der Waals surface area contributed by atoms with Crippen LogP contribution in [0.5, 0.6) is 0 Å². The highest BCUT2D eigenvalue weighted by molar-refractivity contribution is 7.25. The van der Waals surface area contributed by atoms with Crippen molar-refractivity contribution in [2.45, 2.75) is 12.8 Å². The Hall–Kier alpha value is -6.95. The van der Waals surface area contributed by atoms with Crippen molar-refractivity contribution in [3.8, 4) is 56.4 Å². The van der Waals surface area contributed by atoms with Crippen molar-refractivity contribution in [2.75, 3.05) is 0 Å². The van der Waals surface area contributed by atoms with E-state index < -0.39 is 0 Å². The van der Waals surface area contributed by atoms with E-state index in [1.165, 1.54) is 36.9 Å². The van der Waals surface area contributed by atoms with E-state index in [1.807, 2.05) is 72.0 Å². The lowest BCUT2D eigenvalue weighted by atomic mass is 9.94. The van der Waals surface area contributed by atoms with Crippen molar-refractivity contribution in [1.82, 2.24) is 15.0 Å². The molecule has 56 heavy (non-hydrogen) atoms. The van der Waals surface area contributed by atoms with Gasteiger partial charge in [0.1, 0.15) is 11.2 Å². The topological polar surface area (TPSA) is 51.8 Å². The Morgan fingerprint density at radius 1 is 0.429 bits per heavy atom. The first kappa shape index (κ1) is 32.5. The second kappa shape index (κ2) is 13.4. The lowest BCUT2D eigenvalue weighted by Gasteiger charge is -2.10. The van der Waals surface area contributed by atoms with Crippen molar-refractivity contribution < 1.29 is 4.42 Å². The number of allylic oxidation sites excluding steroid dienone is 4. The minimum atomic E-state index is 0.628. The number of fused-ring (bicyclic) bond motifs is 6. The van der Waals surface area contributed by atoms with Gasteiger partial charge in [-0.2, -0.15) is 0 Å². The fraction of sp³-hybridized carbons (Fsp3) is 0.0392. The van der Waals surface area contributed by atoms with Crippen LogP contribution in [0.25, 0.3) is 104 Å². The van der Waals surface area contributed by atoms with Gasteiger partial charge in [-0.05, 0) is 82.6 Å². The lowest BCUT2D eigenvalue weighted by Crippen LogP contribution is -2.00. The second-order valence-corrected chi connectivity index (χ2v) is 15.3. The van der Waals surface area contributed by atoms with Gasteiger partial charge in [0, 0.05) is 47.6 Å². The molecule has 0 N–H and O–H groups in total. The molecule has 1 aliphatic carbocycles. The molecule has 0 spiro atoms. The van der Waals surface area contributed by atoms with Crippen molar-refractivity contribution in [1.29, 1.82) is 0 Å². The van der Waals surface area contributed by atoms with E-state index in [-0.39, 0.29) is 0 Å². The van der Waals surface area contributed by atoms with Gasteiger partial charge in [-0.25, -0.2) is 15.0 Å². The summed E-state index contributed by atoms with van der Waals surface area (Å²) in [5.74, 6) is 1.91. The monoisotopic (exact) mass is 735 g/mol. The summed E-state index contributed by atoms with van der Waals surface area (Å²) < 4.78 is 9.21. The smallest absolute Gasteiger partial charge is 0.164 e. The van der Waals surface area contributed by atoms with Gasteiger partial charge in [-0.3, -0.25) is 0 Å². The normalized spacial score (nSPS) is 12.9. The summed E-state index contributed by atoms with van der Waals surface area (Å²) in [6.07, 6.45) is 9.15. The zero-order valence-electron chi connectivity index (χ0n) is 30.3. The van der Waals surface area contributed by atoms with Crippen molar-refractivity contribution in [2.24, 2.45) is 0 Å². The number of furan rings is 1. The third-order valence-electron chi connectivity index (χ3n) is 10.8. The van der Waals surface area contributed by atoms with Crippen LogP contribution in [0.4, 0.5) is 0 Å². The van der Waals surface area contributed by atoms with E-state index in [0.717, 1.165) is 68.2 Å². The van der Waals surface area contributed by atoms with Crippen LogP contribution >= 0.6 is 11.3 Å². The average Bonchev–Trinajstić information content (AvgIpc) is 3.85. The Labute approximate surface area is 327 Å². The number of hydrogen-bond acceptors (Lipinski definition) is 5. The molecule has 0 bridgehead atoms. The van der Waals surface area contributed by atoms with Crippen molar-refractivity contribution in [3.05, 3.63) is 182 Å². The highest BCUT2D eigenvalue weighted by atomic mass is 32.1. The first-order valence-electron chi connectivity index (χ1n) is 19.0. The molecule has 5 heteroatoms. The molecule has 0 saturated carbocycles. The molecule has 3 heterocycles. The molecule has 0 saturated heterocycles. The SMILES string of the molecule is C1=CC(c2cccc3sc4cc(-c5ccc6c(c5)oc5cccc(-c7cccc(-c8nc(-c9ccccc9)nc(-c9ccccc9)n8)c7)c56)ccc4c23)=CCC1. The Balaban J connectivity index is 0.985. The summed E-state index contributed by atoms with van der Waals surface area (Å²) in [5.41, 5.74) is 11.7. The van der Waals surface area contributed by atoms with Gasteiger partial charge in [0.2, 0.25) is 0 Å². The lowest BCUT2D eigenvalue weighted by molar-refractivity contribution is 0.669. The largest absolute Gasteiger partial charge is 0.456 e. The Morgan fingerprint density at radius 3 is 1.82 bits per heavy atom. The molecule has 1 aliphatic rings. The maximum Gasteiger partial charge on any atom is 0.164 e. The van der Waals surface area contributed by atoms with Gasteiger partial charge < -0.3 is 4.42 Å². The van der Waals surface area contributed by atoms with E-state index in [0.29, 0.717) is 17.5 Å². The van der Waals surface area contributed by atoms with E-state index in [1.54, 1.807) is 0 Å². The van der Waals surface area contributed by atoms with E-state index in [9.17, 15) is 0 Å². The van der Waals surface area contributed by atoms with Crippen LogP contribution < -0.4 is 0 Å². The van der Waals surface area contributed by atoms with Crippen LogP contribution in [-0.4, -0.2) is 15.0 Å². The summed E-state index contributed by atoms with van der Waals surface area (Å²) in [6.45, 7) is 0. The fourth-order valence-corrected chi connectivity index (χ4v) is 9.24. The second-order valence-electron chi connectivity index (χ2n) is 14.2. The Morgan fingerprint density at radius 2 is 1.07 bits per heavy atom. The van der Waals surface area contributed by atoms with E-state index in [4.69, 9.17) is 19.4 Å². The third kappa shape index (κ3) is 5.64. The minimum absolute atomic E-state index is 0.628. The molecule has 11 rings (SSSR count). The molecule has 7 aromatic carbocycles. The number of rotatable bonds is 6. The molecule has 0 fully saturated rings. The number of benzene rings is 7. The number of hydrogen-bond donors (Lipinski definition) is 0. The summed E-state index contributed by atoms with van der Waals surface area (Å²) in [6, 6.07) is 55.2. The summed E-state index contributed by atoms with van der Waals surface area (Å²) in [7, 11) is 0. The molecule has 4 nitrogen and oxygen atoms in total. The standard InChI is InChI=1S/C51H33N3OS/c1-4-13-32(14-5-1)39-22-12-24-45-48(39)42-28-26-36(31-46(42)56-45)35-25-27-41-44(30-35)55-43-23-11-21-40(47(41)43)37-19-10-20-38(29-37)51-53-49(33-15-6-2-7-16-33)52-50(54-51)34-17-8-3-9-18-34/h2-4,6-31H,1,5H2. The third-order valence-corrected chi connectivity index (χ3v) is 11.9. The van der Waals surface area contributed by atoms with Gasteiger partial charge in [0.25, 0.3) is 0 Å². The molecule has 10 aromatic rings. The predicted molar refractivity (Wildman–Crippen MR) is 234 cm³/mol. The quantitative estimate of drug-likeness (QED) is 0.171. The van der Waals surface area contributed by atoms with Crippen LogP contribution in [0.1, 0.15) is 18.4 Å². The van der Waals surface area contributed by atoms with Crippen molar-refractivity contribution in [3.63, 3.8) is 0 Å². The van der Waals surface area contributed by atoms with Gasteiger partial charge in [-0.1, -0.05) is 140 Å². The molecule has 264 valence electrons. The van der Waals surface area contributed by atoms with Crippen molar-refractivity contribution >= 4 is 59.0 Å². The van der Waals surface area contributed by atoms with Gasteiger partial charge in [0.05, 0.1) is 0 Å². The molecular formula is C51H33N3OS. The molecule has 0 atom stereocenters. The van der Waals surface area contributed by atoms with Gasteiger partial charge in [0.15, 0.2) is 17.5 Å². The average molecular weight is 736 g/mol. The molecule has 3 aromatic heterocycles. The Kier molecular flexibility index (Phi) is 7.78. The minimum Gasteiger partial charge on any atom is -0.456 e. The predicted octanol–water partition coefficient (Wildman–Crippen LogP) is 14.2. The molecule has 0 aliphatic heterocycles. The van der Waals surface area contributed by atoms with Crippen LogP contribution in [-0.2, 0) is 0 Å². The van der Waals surface area contributed by atoms with Crippen LogP contribution in [0.2, 0.25) is 0 Å². The molecule has 0 radical (unpaired) electrons. The van der Waals surface area contributed by atoms with Gasteiger partial charge >= 0.3 is 0 Å².